The third-order valence-corrected chi connectivity index (χ3v) is 7.54. The first-order valence-corrected chi connectivity index (χ1v) is 10.7. The molecular weight excluding hydrogens is 458 g/mol. The van der Waals surface area contributed by atoms with Crippen LogP contribution in [0.5, 0.6) is 5.75 Å². The van der Waals surface area contributed by atoms with E-state index in [4.69, 9.17) is 12.6 Å². The molecule has 5 aromatic rings. The van der Waals surface area contributed by atoms with Gasteiger partial charge in [0.15, 0.2) is 5.82 Å². The van der Waals surface area contributed by atoms with Gasteiger partial charge in [-0.2, -0.15) is 0 Å². The molecule has 7 heteroatoms. The Morgan fingerprint density at radius 3 is 2.36 bits per heavy atom. The van der Waals surface area contributed by atoms with Crippen LogP contribution in [0.25, 0.3) is 31.6 Å². The molecule has 0 aliphatic rings. The second kappa shape index (κ2) is 6.69. The van der Waals surface area contributed by atoms with Crippen molar-refractivity contribution < 1.29 is 13.9 Å². The van der Waals surface area contributed by atoms with Gasteiger partial charge in [-0.05, 0) is 66.5 Å². The lowest BCUT2D eigenvalue weighted by Gasteiger charge is -2.06. The van der Waals surface area contributed by atoms with Gasteiger partial charge >= 0.3 is 5.97 Å². The maximum Gasteiger partial charge on any atom is 0.356 e. The molecule has 0 saturated carbocycles. The topological polar surface area (TPSA) is 26.3 Å². The van der Waals surface area contributed by atoms with E-state index in [1.165, 1.54) is 11.3 Å². The van der Waals surface area contributed by atoms with Crippen LogP contribution in [0.3, 0.4) is 0 Å². The first kappa shape index (κ1) is 17.9. The predicted octanol–water partition coefficient (Wildman–Crippen LogP) is 6.18. The molecule has 0 saturated heterocycles. The van der Waals surface area contributed by atoms with Gasteiger partial charge in [-0.15, -0.1) is 22.7 Å². The molecular formula is C21H9BBrFO2S2. The molecule has 0 spiro atoms. The zero-order chi connectivity index (χ0) is 19.4. The van der Waals surface area contributed by atoms with Gasteiger partial charge in [0.2, 0.25) is 0 Å². The highest BCUT2D eigenvalue weighted by molar-refractivity contribution is 9.11. The van der Waals surface area contributed by atoms with Gasteiger partial charge < -0.3 is 4.74 Å². The SMILES string of the molecule is [B]c1sc(Br)c2c(F)c(C(=O)Oc3ccc4cc5ccccc5cc4c3)sc12. The van der Waals surface area contributed by atoms with E-state index in [2.05, 4.69) is 28.1 Å². The van der Waals surface area contributed by atoms with Crippen molar-refractivity contribution in [1.82, 2.24) is 0 Å². The van der Waals surface area contributed by atoms with Crippen LogP contribution in [0.15, 0.2) is 58.4 Å². The number of hydrogen-bond donors (Lipinski definition) is 0. The van der Waals surface area contributed by atoms with Crippen molar-refractivity contribution in [1.29, 1.82) is 0 Å². The third-order valence-electron chi connectivity index (χ3n) is 4.54. The number of thiophene rings is 2. The van der Waals surface area contributed by atoms with Gasteiger partial charge in [-0.3, -0.25) is 0 Å². The summed E-state index contributed by atoms with van der Waals surface area (Å²) >= 11 is 5.55. The fourth-order valence-corrected chi connectivity index (χ4v) is 6.16. The van der Waals surface area contributed by atoms with Crippen LogP contribution >= 0.6 is 38.6 Å². The number of fused-ring (bicyclic) bond motifs is 3. The van der Waals surface area contributed by atoms with E-state index in [1.807, 2.05) is 30.3 Å². The van der Waals surface area contributed by atoms with Crippen LogP contribution in [0.1, 0.15) is 9.67 Å². The van der Waals surface area contributed by atoms with E-state index in [9.17, 15) is 9.18 Å². The van der Waals surface area contributed by atoms with Crippen molar-refractivity contribution in [3.05, 3.63) is 69.1 Å². The molecule has 2 nitrogen and oxygen atoms in total. The van der Waals surface area contributed by atoms with Crippen LogP contribution < -0.4 is 9.51 Å². The number of halogens is 2. The fourth-order valence-electron chi connectivity index (χ4n) is 3.22. The van der Waals surface area contributed by atoms with E-state index >= 15 is 0 Å². The minimum atomic E-state index is -0.727. The first-order valence-electron chi connectivity index (χ1n) is 8.32. The second-order valence-corrected chi connectivity index (χ2v) is 9.68. The molecule has 0 atom stereocenters. The molecule has 0 bridgehead atoms. The summed E-state index contributed by atoms with van der Waals surface area (Å²) in [5.74, 6) is -0.957. The van der Waals surface area contributed by atoms with E-state index in [1.54, 1.807) is 12.1 Å². The van der Waals surface area contributed by atoms with E-state index < -0.39 is 11.8 Å². The molecule has 0 unspecified atom stereocenters. The minimum absolute atomic E-state index is 0.0798. The largest absolute Gasteiger partial charge is 0.422 e. The van der Waals surface area contributed by atoms with Crippen molar-refractivity contribution in [2.45, 2.75) is 0 Å². The van der Waals surface area contributed by atoms with Crippen LogP contribution in [-0.2, 0) is 0 Å². The standard InChI is InChI=1S/C21H9BBrFO2S2/c22-19-17-15(20(23)28-19)16(24)18(27-17)21(25)26-14-6-5-12-7-10-3-1-2-4-11(10)8-13(12)9-14/h1-9H. The summed E-state index contributed by atoms with van der Waals surface area (Å²) in [7, 11) is 5.90. The van der Waals surface area contributed by atoms with Crippen molar-refractivity contribution >= 4 is 88.8 Å². The number of carbonyl (C=O) groups excluding carboxylic acids is 1. The normalized spacial score (nSPS) is 11.5. The third kappa shape index (κ3) is 2.85. The monoisotopic (exact) mass is 466 g/mol. The Balaban J connectivity index is 1.52. The zero-order valence-corrected chi connectivity index (χ0v) is 17.4. The van der Waals surface area contributed by atoms with Gasteiger partial charge in [-0.25, -0.2) is 9.18 Å². The molecule has 3 aromatic carbocycles. The summed E-state index contributed by atoms with van der Waals surface area (Å²) in [4.78, 5) is 12.5. The number of ether oxygens (including phenoxy) is 1. The minimum Gasteiger partial charge on any atom is -0.422 e. The molecule has 2 radical (unpaired) electrons. The van der Waals surface area contributed by atoms with Gasteiger partial charge in [-0.1, -0.05) is 30.3 Å². The summed E-state index contributed by atoms with van der Waals surface area (Å²) < 4.78 is 21.8. The zero-order valence-electron chi connectivity index (χ0n) is 14.2. The van der Waals surface area contributed by atoms with Crippen molar-refractivity contribution in [2.75, 3.05) is 0 Å². The Labute approximate surface area is 177 Å². The van der Waals surface area contributed by atoms with Crippen molar-refractivity contribution in [3.8, 4) is 5.75 Å². The summed E-state index contributed by atoms with van der Waals surface area (Å²) in [5.41, 5.74) is 0. The number of benzene rings is 3. The average molecular weight is 467 g/mol. The first-order chi connectivity index (χ1) is 13.5. The summed E-state index contributed by atoms with van der Waals surface area (Å²) in [6.45, 7) is 0. The predicted molar refractivity (Wildman–Crippen MR) is 119 cm³/mol. The average Bonchev–Trinajstić information content (AvgIpc) is 3.17. The Morgan fingerprint density at radius 2 is 1.64 bits per heavy atom. The van der Waals surface area contributed by atoms with Gasteiger partial charge in [0.05, 0.1) is 9.17 Å². The lowest BCUT2D eigenvalue weighted by atomic mass is 10.0. The smallest absolute Gasteiger partial charge is 0.356 e. The van der Waals surface area contributed by atoms with Crippen LogP contribution in [0.2, 0.25) is 0 Å². The quantitative estimate of drug-likeness (QED) is 0.134. The molecule has 0 aliphatic carbocycles. The maximum atomic E-state index is 14.7. The summed E-state index contributed by atoms with van der Waals surface area (Å²) in [6.07, 6.45) is 0. The van der Waals surface area contributed by atoms with Crippen LogP contribution in [0.4, 0.5) is 4.39 Å². The van der Waals surface area contributed by atoms with E-state index in [-0.39, 0.29) is 4.88 Å². The molecule has 0 amide bonds. The molecule has 0 N–H and O–H groups in total. The van der Waals surface area contributed by atoms with Gasteiger partial charge in [0.1, 0.15) is 18.5 Å². The van der Waals surface area contributed by atoms with Crippen LogP contribution in [-0.4, -0.2) is 13.8 Å². The molecule has 0 fully saturated rings. The molecule has 5 rings (SSSR count). The molecule has 0 aliphatic heterocycles. The molecule has 2 heterocycles. The highest BCUT2D eigenvalue weighted by Crippen LogP contribution is 2.38. The Morgan fingerprint density at radius 1 is 0.964 bits per heavy atom. The van der Waals surface area contributed by atoms with E-state index in [0.717, 1.165) is 32.9 Å². The summed E-state index contributed by atoms with van der Waals surface area (Å²) in [5, 5.41) is 4.57. The molecule has 28 heavy (non-hydrogen) atoms. The maximum absolute atomic E-state index is 14.7. The Hall–Kier alpha value is -2.22. The Bertz CT molecular complexity index is 1410. The van der Waals surface area contributed by atoms with Crippen molar-refractivity contribution in [3.63, 3.8) is 0 Å². The van der Waals surface area contributed by atoms with Gasteiger partial charge in [0.25, 0.3) is 0 Å². The van der Waals surface area contributed by atoms with Crippen LogP contribution in [0, 0.1) is 5.82 Å². The van der Waals surface area contributed by atoms with Gasteiger partial charge in [0, 0.05) is 4.70 Å². The lowest BCUT2D eigenvalue weighted by molar-refractivity contribution is 0.0736. The van der Waals surface area contributed by atoms with Crippen molar-refractivity contribution in [2.24, 2.45) is 0 Å². The highest BCUT2D eigenvalue weighted by Gasteiger charge is 2.24. The molecule has 2 aromatic heterocycles. The number of esters is 1. The number of rotatable bonds is 2. The number of carbonyl (C=O) groups is 1. The Kier molecular flexibility index (Phi) is 4.27. The highest BCUT2D eigenvalue weighted by atomic mass is 79.9. The van der Waals surface area contributed by atoms with E-state index in [0.29, 0.717) is 24.4 Å². The summed E-state index contributed by atoms with van der Waals surface area (Å²) in [6, 6.07) is 17.6. The second-order valence-electron chi connectivity index (χ2n) is 6.29. The molecule has 134 valence electrons. The lowest BCUT2D eigenvalue weighted by Crippen LogP contribution is -2.08. The fraction of sp³-hybridized carbons (Fsp3) is 0. The number of hydrogen-bond acceptors (Lipinski definition) is 4.